The minimum Gasteiger partial charge on any atom is -0.375 e. The second-order valence-electron chi connectivity index (χ2n) is 5.46. The lowest BCUT2D eigenvalue weighted by atomic mass is 10.1. The van der Waals surface area contributed by atoms with Crippen LogP contribution in [0.1, 0.15) is 42.7 Å². The third kappa shape index (κ3) is 4.17. The number of aryl methyl sites for hydroxylation is 1. The molecule has 21 heavy (non-hydrogen) atoms. The van der Waals surface area contributed by atoms with E-state index in [-0.39, 0.29) is 12.0 Å². The lowest BCUT2D eigenvalue weighted by Crippen LogP contribution is -2.45. The van der Waals surface area contributed by atoms with Gasteiger partial charge in [-0.15, -0.1) is 0 Å². The summed E-state index contributed by atoms with van der Waals surface area (Å²) in [5.41, 5.74) is 1.57. The van der Waals surface area contributed by atoms with E-state index in [0.29, 0.717) is 25.3 Å². The van der Waals surface area contributed by atoms with Gasteiger partial charge >= 0.3 is 0 Å². The van der Waals surface area contributed by atoms with Crippen molar-refractivity contribution in [2.24, 2.45) is 0 Å². The SMILES string of the molecule is CCCNc1cc(C(=O)N2CCOC(CC)C2)cc(C)n1. The normalized spacial score (nSPS) is 18.6. The summed E-state index contributed by atoms with van der Waals surface area (Å²) in [6.07, 6.45) is 2.12. The van der Waals surface area contributed by atoms with Crippen molar-refractivity contribution in [1.82, 2.24) is 9.88 Å². The summed E-state index contributed by atoms with van der Waals surface area (Å²) in [4.78, 5) is 19.0. The van der Waals surface area contributed by atoms with Crippen molar-refractivity contribution in [3.8, 4) is 0 Å². The number of amides is 1. The van der Waals surface area contributed by atoms with Gasteiger partial charge in [-0.25, -0.2) is 4.98 Å². The highest BCUT2D eigenvalue weighted by Crippen LogP contribution is 2.16. The number of ether oxygens (including phenoxy) is 1. The van der Waals surface area contributed by atoms with Gasteiger partial charge in [-0.3, -0.25) is 4.79 Å². The highest BCUT2D eigenvalue weighted by Gasteiger charge is 2.24. The zero-order valence-electron chi connectivity index (χ0n) is 13.2. The van der Waals surface area contributed by atoms with E-state index in [2.05, 4.69) is 24.1 Å². The minimum absolute atomic E-state index is 0.0711. The maximum Gasteiger partial charge on any atom is 0.254 e. The Kier molecular flexibility index (Phi) is 5.56. The van der Waals surface area contributed by atoms with E-state index in [1.165, 1.54) is 0 Å². The molecule has 0 aromatic carbocycles. The van der Waals surface area contributed by atoms with E-state index < -0.39 is 0 Å². The van der Waals surface area contributed by atoms with Crippen LogP contribution in [0, 0.1) is 6.92 Å². The van der Waals surface area contributed by atoms with Gasteiger partial charge in [0.1, 0.15) is 5.82 Å². The second kappa shape index (κ2) is 7.41. The average Bonchev–Trinajstić information content (AvgIpc) is 2.51. The molecule has 2 rings (SSSR count). The van der Waals surface area contributed by atoms with Crippen molar-refractivity contribution in [3.05, 3.63) is 23.4 Å². The van der Waals surface area contributed by atoms with Crippen LogP contribution in [-0.2, 0) is 4.74 Å². The summed E-state index contributed by atoms with van der Waals surface area (Å²) in [6, 6.07) is 3.71. The number of nitrogens with zero attached hydrogens (tertiary/aromatic N) is 2. The molecule has 1 unspecified atom stereocenters. The Balaban J connectivity index is 2.12. The van der Waals surface area contributed by atoms with Crippen molar-refractivity contribution in [1.29, 1.82) is 0 Å². The standard InChI is InChI=1S/C16H25N3O2/c1-4-6-17-15-10-13(9-12(3)18-15)16(20)19-7-8-21-14(5-2)11-19/h9-10,14H,4-8,11H2,1-3H3,(H,17,18). The first-order chi connectivity index (χ1) is 10.1. The number of morpholine rings is 1. The molecule has 2 heterocycles. The number of anilines is 1. The maximum absolute atomic E-state index is 12.7. The van der Waals surface area contributed by atoms with Crippen molar-refractivity contribution < 1.29 is 9.53 Å². The highest BCUT2D eigenvalue weighted by molar-refractivity contribution is 5.95. The number of carbonyl (C=O) groups excluding carboxylic acids is 1. The first kappa shape index (κ1) is 15.8. The summed E-state index contributed by atoms with van der Waals surface area (Å²) >= 11 is 0. The Bertz CT molecular complexity index is 490. The molecule has 1 amide bonds. The number of rotatable bonds is 5. The largest absolute Gasteiger partial charge is 0.375 e. The fourth-order valence-corrected chi connectivity index (χ4v) is 2.47. The average molecular weight is 291 g/mol. The molecule has 0 radical (unpaired) electrons. The summed E-state index contributed by atoms with van der Waals surface area (Å²) in [5, 5.41) is 3.25. The van der Waals surface area contributed by atoms with Crippen LogP contribution >= 0.6 is 0 Å². The predicted molar refractivity (Wildman–Crippen MR) is 83.7 cm³/mol. The van der Waals surface area contributed by atoms with Crippen LogP contribution in [0.4, 0.5) is 5.82 Å². The van der Waals surface area contributed by atoms with Crippen LogP contribution in [0.2, 0.25) is 0 Å². The maximum atomic E-state index is 12.7. The van der Waals surface area contributed by atoms with E-state index in [0.717, 1.165) is 30.9 Å². The van der Waals surface area contributed by atoms with Crippen molar-refractivity contribution >= 4 is 11.7 Å². The zero-order chi connectivity index (χ0) is 15.2. The fraction of sp³-hybridized carbons (Fsp3) is 0.625. The van der Waals surface area contributed by atoms with Crippen LogP contribution < -0.4 is 5.32 Å². The molecular formula is C16H25N3O2. The number of hydrogen-bond donors (Lipinski definition) is 1. The Hall–Kier alpha value is -1.62. The molecule has 1 aliphatic rings. The van der Waals surface area contributed by atoms with Gasteiger partial charge in [-0.05, 0) is 31.9 Å². The third-order valence-electron chi connectivity index (χ3n) is 3.64. The van der Waals surface area contributed by atoms with E-state index in [1.54, 1.807) is 0 Å². The number of carbonyl (C=O) groups is 1. The van der Waals surface area contributed by atoms with Crippen LogP contribution in [0.15, 0.2) is 12.1 Å². The number of aromatic nitrogens is 1. The molecular weight excluding hydrogens is 266 g/mol. The molecule has 1 aromatic heterocycles. The second-order valence-corrected chi connectivity index (χ2v) is 5.46. The molecule has 1 atom stereocenters. The van der Waals surface area contributed by atoms with Crippen LogP contribution in [0.5, 0.6) is 0 Å². The molecule has 1 aromatic rings. The van der Waals surface area contributed by atoms with Crippen molar-refractivity contribution in [3.63, 3.8) is 0 Å². The number of hydrogen-bond acceptors (Lipinski definition) is 4. The molecule has 5 heteroatoms. The quantitative estimate of drug-likeness (QED) is 0.905. The van der Waals surface area contributed by atoms with Gasteiger partial charge in [0, 0.05) is 30.9 Å². The third-order valence-corrected chi connectivity index (χ3v) is 3.64. The predicted octanol–water partition coefficient (Wildman–Crippen LogP) is 2.46. The zero-order valence-corrected chi connectivity index (χ0v) is 13.2. The molecule has 0 bridgehead atoms. The van der Waals surface area contributed by atoms with Gasteiger partial charge in [0.2, 0.25) is 0 Å². The summed E-state index contributed by atoms with van der Waals surface area (Å²) in [6.45, 7) is 8.93. The minimum atomic E-state index is 0.0711. The van der Waals surface area contributed by atoms with Gasteiger partial charge in [0.25, 0.3) is 5.91 Å². The molecule has 1 aliphatic heterocycles. The molecule has 1 N–H and O–H groups in total. The smallest absolute Gasteiger partial charge is 0.254 e. The van der Waals surface area contributed by atoms with E-state index in [9.17, 15) is 4.79 Å². The molecule has 1 saturated heterocycles. The number of nitrogens with one attached hydrogen (secondary N) is 1. The molecule has 5 nitrogen and oxygen atoms in total. The lowest BCUT2D eigenvalue weighted by molar-refractivity contribution is -0.0226. The molecule has 0 saturated carbocycles. The highest BCUT2D eigenvalue weighted by atomic mass is 16.5. The van der Waals surface area contributed by atoms with E-state index in [1.807, 2.05) is 24.0 Å². The summed E-state index contributed by atoms with van der Waals surface area (Å²) in [7, 11) is 0. The summed E-state index contributed by atoms with van der Waals surface area (Å²) < 4.78 is 5.63. The number of pyridine rings is 1. The Morgan fingerprint density at radius 3 is 3.00 bits per heavy atom. The molecule has 0 aliphatic carbocycles. The molecule has 0 spiro atoms. The van der Waals surface area contributed by atoms with E-state index >= 15 is 0 Å². The molecule has 116 valence electrons. The van der Waals surface area contributed by atoms with Gasteiger partial charge in [0.05, 0.1) is 12.7 Å². The first-order valence-corrected chi connectivity index (χ1v) is 7.77. The van der Waals surface area contributed by atoms with Crippen molar-refractivity contribution in [2.75, 3.05) is 31.6 Å². The summed E-state index contributed by atoms with van der Waals surface area (Å²) in [5.74, 6) is 0.849. The van der Waals surface area contributed by atoms with Crippen molar-refractivity contribution in [2.45, 2.75) is 39.7 Å². The van der Waals surface area contributed by atoms with Crippen LogP contribution in [0.25, 0.3) is 0 Å². The topological polar surface area (TPSA) is 54.5 Å². The van der Waals surface area contributed by atoms with E-state index in [4.69, 9.17) is 4.74 Å². The monoisotopic (exact) mass is 291 g/mol. The van der Waals surface area contributed by atoms with Gasteiger partial charge < -0.3 is 15.0 Å². The van der Waals surface area contributed by atoms with Crippen LogP contribution in [0.3, 0.4) is 0 Å². The Labute approximate surface area is 126 Å². The Morgan fingerprint density at radius 2 is 2.29 bits per heavy atom. The molecule has 1 fully saturated rings. The lowest BCUT2D eigenvalue weighted by Gasteiger charge is -2.32. The van der Waals surface area contributed by atoms with Gasteiger partial charge in [-0.2, -0.15) is 0 Å². The Morgan fingerprint density at radius 1 is 1.48 bits per heavy atom. The fourth-order valence-electron chi connectivity index (χ4n) is 2.47. The van der Waals surface area contributed by atoms with Crippen LogP contribution in [-0.4, -0.2) is 48.1 Å². The van der Waals surface area contributed by atoms with Gasteiger partial charge in [-0.1, -0.05) is 13.8 Å². The van der Waals surface area contributed by atoms with Gasteiger partial charge in [0.15, 0.2) is 0 Å². The first-order valence-electron chi connectivity index (χ1n) is 7.77.